The second-order valence-electron chi connectivity index (χ2n) is 2.24. The van der Waals surface area contributed by atoms with Crippen LogP contribution in [0.5, 0.6) is 5.75 Å². The minimum absolute atomic E-state index is 0.0854. The number of hydrogen-bond donors (Lipinski definition) is 1. The molecule has 70 valence electrons. The van der Waals surface area contributed by atoms with Gasteiger partial charge in [-0.2, -0.15) is 0 Å². The van der Waals surface area contributed by atoms with Gasteiger partial charge in [0.05, 0.1) is 7.11 Å². The predicted octanol–water partition coefficient (Wildman–Crippen LogP) is 0.491. The van der Waals surface area contributed by atoms with E-state index in [1.165, 1.54) is 19.2 Å². The molecule has 0 unspecified atom stereocenters. The molecule has 1 heterocycles. The fourth-order valence-electron chi connectivity index (χ4n) is 0.853. The maximum Gasteiger partial charge on any atom is 0.406 e. The first kappa shape index (κ1) is 9.40. The Kier molecular flexibility index (Phi) is 2.76. The van der Waals surface area contributed by atoms with Gasteiger partial charge in [0.1, 0.15) is 6.61 Å². The normalized spacial score (nSPS) is 9.69. The molecule has 0 aliphatic carbocycles. The summed E-state index contributed by atoms with van der Waals surface area (Å²) in [6, 6.07) is 2.86. The molecule has 1 aromatic heterocycles. The standard InChI is InChI=1S/C7H8N2O4/c1-13-6-3-2-5(4-10)8-7(6)9(11)12/h2-3,10H,4H2,1H3. The molecule has 0 amide bonds. The third-order valence-corrected chi connectivity index (χ3v) is 1.45. The molecule has 0 bridgehead atoms. The van der Waals surface area contributed by atoms with Crippen LogP contribution < -0.4 is 4.74 Å². The van der Waals surface area contributed by atoms with Crippen molar-refractivity contribution >= 4 is 5.82 Å². The predicted molar refractivity (Wildman–Crippen MR) is 43.4 cm³/mol. The van der Waals surface area contributed by atoms with Crippen LogP contribution in [0.25, 0.3) is 0 Å². The van der Waals surface area contributed by atoms with E-state index in [-0.39, 0.29) is 23.9 Å². The Hall–Kier alpha value is -1.69. The number of nitrogens with zero attached hydrogens (tertiary/aromatic N) is 2. The van der Waals surface area contributed by atoms with Crippen molar-refractivity contribution in [1.82, 2.24) is 4.98 Å². The Morgan fingerprint density at radius 1 is 1.69 bits per heavy atom. The van der Waals surface area contributed by atoms with Gasteiger partial charge in [-0.3, -0.25) is 0 Å². The van der Waals surface area contributed by atoms with Crippen LogP contribution in [0, 0.1) is 10.1 Å². The molecule has 0 saturated carbocycles. The molecule has 13 heavy (non-hydrogen) atoms. The number of hydrogen-bond acceptors (Lipinski definition) is 5. The van der Waals surface area contributed by atoms with Crippen LogP contribution in [-0.4, -0.2) is 22.1 Å². The lowest BCUT2D eigenvalue weighted by Gasteiger charge is -2.00. The summed E-state index contributed by atoms with van der Waals surface area (Å²) in [5, 5.41) is 19.1. The topological polar surface area (TPSA) is 85.5 Å². The average molecular weight is 184 g/mol. The van der Waals surface area contributed by atoms with Gasteiger partial charge < -0.3 is 20.0 Å². The van der Waals surface area contributed by atoms with E-state index in [9.17, 15) is 10.1 Å². The molecule has 0 aliphatic rings. The van der Waals surface area contributed by atoms with E-state index in [0.717, 1.165) is 0 Å². The fourth-order valence-corrected chi connectivity index (χ4v) is 0.853. The number of aromatic nitrogens is 1. The molecule has 0 aromatic carbocycles. The van der Waals surface area contributed by atoms with Crippen LogP contribution in [0.2, 0.25) is 0 Å². The lowest BCUT2D eigenvalue weighted by Crippen LogP contribution is -1.99. The van der Waals surface area contributed by atoms with Crippen LogP contribution >= 0.6 is 0 Å². The van der Waals surface area contributed by atoms with E-state index in [0.29, 0.717) is 0 Å². The molecule has 0 fully saturated rings. The van der Waals surface area contributed by atoms with Crippen LogP contribution in [0.1, 0.15) is 5.69 Å². The van der Waals surface area contributed by atoms with E-state index < -0.39 is 4.92 Å². The molecule has 0 atom stereocenters. The van der Waals surface area contributed by atoms with Gasteiger partial charge in [-0.1, -0.05) is 0 Å². The van der Waals surface area contributed by atoms with Crippen molar-refractivity contribution < 1.29 is 14.8 Å². The Balaban J connectivity index is 3.18. The van der Waals surface area contributed by atoms with E-state index >= 15 is 0 Å². The van der Waals surface area contributed by atoms with Crippen molar-refractivity contribution in [3.05, 3.63) is 27.9 Å². The summed E-state index contributed by atoms with van der Waals surface area (Å²) in [5.74, 6) is -0.295. The second kappa shape index (κ2) is 3.81. The highest BCUT2D eigenvalue weighted by Crippen LogP contribution is 2.23. The van der Waals surface area contributed by atoms with Crippen molar-refractivity contribution in [2.75, 3.05) is 7.11 Å². The summed E-state index contributed by atoms with van der Waals surface area (Å²) in [6.45, 7) is -0.329. The Morgan fingerprint density at radius 2 is 2.38 bits per heavy atom. The summed E-state index contributed by atoms with van der Waals surface area (Å²) in [7, 11) is 1.32. The first-order valence-corrected chi connectivity index (χ1v) is 3.48. The second-order valence-corrected chi connectivity index (χ2v) is 2.24. The van der Waals surface area contributed by atoms with Crippen LogP contribution in [-0.2, 0) is 6.61 Å². The molecule has 6 nitrogen and oxygen atoms in total. The van der Waals surface area contributed by atoms with Gasteiger partial charge in [0.25, 0.3) is 0 Å². The number of rotatable bonds is 3. The van der Waals surface area contributed by atoms with Gasteiger partial charge >= 0.3 is 5.82 Å². The zero-order chi connectivity index (χ0) is 9.84. The largest absolute Gasteiger partial charge is 0.489 e. The first-order chi connectivity index (χ1) is 6.19. The summed E-state index contributed by atoms with van der Waals surface area (Å²) in [5.41, 5.74) is 0.243. The number of methoxy groups -OCH3 is 1. The lowest BCUT2D eigenvalue weighted by atomic mass is 10.3. The SMILES string of the molecule is COc1ccc(CO)nc1[N+](=O)[O-]. The summed E-state index contributed by atoms with van der Waals surface area (Å²) >= 11 is 0. The van der Waals surface area contributed by atoms with Gasteiger partial charge in [-0.25, -0.2) is 0 Å². The summed E-state index contributed by atoms with van der Waals surface area (Å²) in [6.07, 6.45) is 0. The summed E-state index contributed by atoms with van der Waals surface area (Å²) < 4.78 is 4.72. The van der Waals surface area contributed by atoms with Crippen molar-refractivity contribution in [2.45, 2.75) is 6.61 Å². The van der Waals surface area contributed by atoms with Gasteiger partial charge in [-0.15, -0.1) is 0 Å². The minimum Gasteiger partial charge on any atom is -0.489 e. The molecule has 0 saturated heterocycles. The third-order valence-electron chi connectivity index (χ3n) is 1.45. The Labute approximate surface area is 73.9 Å². The van der Waals surface area contributed by atoms with E-state index in [1.807, 2.05) is 0 Å². The Bertz CT molecular complexity index is 326. The molecule has 0 aliphatic heterocycles. The number of pyridine rings is 1. The Morgan fingerprint density at radius 3 is 2.85 bits per heavy atom. The maximum absolute atomic E-state index is 10.4. The van der Waals surface area contributed by atoms with Gasteiger partial charge in [0.15, 0.2) is 5.69 Å². The van der Waals surface area contributed by atoms with Crippen molar-refractivity contribution in [2.24, 2.45) is 0 Å². The van der Waals surface area contributed by atoms with E-state index in [1.54, 1.807) is 0 Å². The lowest BCUT2D eigenvalue weighted by molar-refractivity contribution is -0.390. The summed E-state index contributed by atoms with van der Waals surface area (Å²) in [4.78, 5) is 13.4. The monoisotopic (exact) mass is 184 g/mol. The smallest absolute Gasteiger partial charge is 0.406 e. The third kappa shape index (κ3) is 1.91. The van der Waals surface area contributed by atoms with Crippen molar-refractivity contribution in [1.29, 1.82) is 0 Å². The van der Waals surface area contributed by atoms with Crippen molar-refractivity contribution in [3.63, 3.8) is 0 Å². The van der Waals surface area contributed by atoms with Gasteiger partial charge in [0.2, 0.25) is 5.75 Å². The molecular weight excluding hydrogens is 176 g/mol. The number of aliphatic hydroxyl groups excluding tert-OH is 1. The van der Waals surface area contributed by atoms with Crippen molar-refractivity contribution in [3.8, 4) is 5.75 Å². The first-order valence-electron chi connectivity index (χ1n) is 3.48. The molecular formula is C7H8N2O4. The van der Waals surface area contributed by atoms with E-state index in [2.05, 4.69) is 4.98 Å². The highest BCUT2D eigenvalue weighted by molar-refractivity contribution is 5.40. The average Bonchev–Trinajstić information content (AvgIpc) is 2.16. The molecule has 0 radical (unpaired) electrons. The van der Waals surface area contributed by atoms with E-state index in [4.69, 9.17) is 9.84 Å². The highest BCUT2D eigenvalue weighted by Gasteiger charge is 2.17. The number of aliphatic hydroxyl groups is 1. The number of ether oxygens (including phenoxy) is 1. The van der Waals surface area contributed by atoms with Crippen LogP contribution in [0.4, 0.5) is 5.82 Å². The minimum atomic E-state index is -0.655. The number of nitro groups is 1. The highest BCUT2D eigenvalue weighted by atomic mass is 16.6. The molecule has 6 heteroatoms. The van der Waals surface area contributed by atoms with Gasteiger partial charge in [-0.05, 0) is 22.0 Å². The zero-order valence-corrected chi connectivity index (χ0v) is 6.93. The van der Waals surface area contributed by atoms with Gasteiger partial charge in [0, 0.05) is 0 Å². The molecule has 1 rings (SSSR count). The molecule has 1 aromatic rings. The quantitative estimate of drug-likeness (QED) is 0.545. The van der Waals surface area contributed by atoms with Crippen LogP contribution in [0.3, 0.4) is 0 Å². The van der Waals surface area contributed by atoms with Crippen LogP contribution in [0.15, 0.2) is 12.1 Å². The zero-order valence-electron chi connectivity index (χ0n) is 6.93. The molecule has 0 spiro atoms. The maximum atomic E-state index is 10.4. The fraction of sp³-hybridized carbons (Fsp3) is 0.286. The molecule has 1 N–H and O–H groups in total.